The molecular formula is C10H17NO6S. The predicted octanol–water partition coefficient (Wildman–Crippen LogP) is -0.278. The molecule has 0 radical (unpaired) electrons. The summed E-state index contributed by atoms with van der Waals surface area (Å²) < 4.78 is 29.6. The van der Waals surface area contributed by atoms with Crippen molar-refractivity contribution in [2.75, 3.05) is 12.4 Å². The summed E-state index contributed by atoms with van der Waals surface area (Å²) in [5.41, 5.74) is 0. The van der Waals surface area contributed by atoms with E-state index in [4.69, 9.17) is 5.11 Å². The predicted molar refractivity (Wildman–Crippen MR) is 62.3 cm³/mol. The first kappa shape index (κ1) is 14.9. The molecule has 0 aliphatic heterocycles. The number of ether oxygens (including phenoxy) is 1. The van der Waals surface area contributed by atoms with Gasteiger partial charge in [-0.05, 0) is 19.3 Å². The fourth-order valence-corrected chi connectivity index (χ4v) is 2.61. The molecule has 0 aromatic heterocycles. The number of rotatable bonds is 8. The normalized spacial score (nSPS) is 17.2. The van der Waals surface area contributed by atoms with E-state index in [0.717, 1.165) is 12.8 Å². The van der Waals surface area contributed by atoms with E-state index >= 15 is 0 Å². The summed E-state index contributed by atoms with van der Waals surface area (Å²) in [6, 6.07) is -1.17. The molecule has 7 nitrogen and oxygen atoms in total. The highest BCUT2D eigenvalue weighted by molar-refractivity contribution is 7.90. The minimum absolute atomic E-state index is 0.0821. The number of aliphatic carboxylic acids is 1. The number of esters is 1. The molecule has 8 heteroatoms. The maximum Gasteiger partial charge on any atom is 0.322 e. The molecule has 0 saturated heterocycles. The topological polar surface area (TPSA) is 110 Å². The van der Waals surface area contributed by atoms with E-state index in [1.54, 1.807) is 6.92 Å². The molecule has 1 aliphatic carbocycles. The number of hydrogen-bond acceptors (Lipinski definition) is 5. The Kier molecular flexibility index (Phi) is 5.09. The first-order valence-corrected chi connectivity index (χ1v) is 7.37. The first-order valence-electron chi connectivity index (χ1n) is 5.72. The van der Waals surface area contributed by atoms with Crippen LogP contribution in [0.1, 0.15) is 26.2 Å². The molecule has 2 N–H and O–H groups in total. The second-order valence-corrected chi connectivity index (χ2v) is 6.01. The Balaban J connectivity index is 2.54. The lowest BCUT2D eigenvalue weighted by molar-refractivity contribution is -0.141. The Morgan fingerprint density at radius 3 is 2.50 bits per heavy atom. The molecular weight excluding hydrogens is 262 g/mol. The van der Waals surface area contributed by atoms with Crippen molar-refractivity contribution in [2.45, 2.75) is 32.2 Å². The molecule has 1 aliphatic rings. The quantitative estimate of drug-likeness (QED) is 0.591. The van der Waals surface area contributed by atoms with E-state index < -0.39 is 33.8 Å². The number of carbonyl (C=O) groups is 2. The van der Waals surface area contributed by atoms with Crippen molar-refractivity contribution in [1.29, 1.82) is 0 Å². The van der Waals surface area contributed by atoms with Gasteiger partial charge in [0, 0.05) is 0 Å². The maximum atomic E-state index is 11.6. The fourth-order valence-electron chi connectivity index (χ4n) is 1.50. The summed E-state index contributed by atoms with van der Waals surface area (Å²) in [7, 11) is -3.97. The van der Waals surface area contributed by atoms with Crippen molar-refractivity contribution in [3.63, 3.8) is 0 Å². The SMILES string of the molecule is CCOC(=O)CS(=O)(=O)N[C@@H](CC1CC1)C(=O)O. The van der Waals surface area contributed by atoms with Gasteiger partial charge in [-0.25, -0.2) is 13.1 Å². The highest BCUT2D eigenvalue weighted by Gasteiger charge is 2.32. The van der Waals surface area contributed by atoms with E-state index in [-0.39, 0.29) is 18.9 Å². The number of carboxylic acid groups (broad SMARTS) is 1. The highest BCUT2D eigenvalue weighted by atomic mass is 32.2. The van der Waals surface area contributed by atoms with E-state index in [9.17, 15) is 18.0 Å². The minimum atomic E-state index is -3.97. The molecule has 0 aromatic carbocycles. The molecule has 0 amide bonds. The average molecular weight is 279 g/mol. The van der Waals surface area contributed by atoms with Gasteiger partial charge in [-0.15, -0.1) is 0 Å². The van der Waals surface area contributed by atoms with Gasteiger partial charge >= 0.3 is 11.9 Å². The van der Waals surface area contributed by atoms with Crippen molar-refractivity contribution >= 4 is 22.0 Å². The van der Waals surface area contributed by atoms with Crippen molar-refractivity contribution in [1.82, 2.24) is 4.72 Å². The van der Waals surface area contributed by atoms with Crippen LogP contribution in [0.5, 0.6) is 0 Å². The van der Waals surface area contributed by atoms with Crippen molar-refractivity contribution in [3.05, 3.63) is 0 Å². The number of hydrogen-bond donors (Lipinski definition) is 2. The Morgan fingerprint density at radius 1 is 1.44 bits per heavy atom. The fraction of sp³-hybridized carbons (Fsp3) is 0.800. The zero-order valence-electron chi connectivity index (χ0n) is 10.1. The second-order valence-electron chi connectivity index (χ2n) is 4.25. The van der Waals surface area contributed by atoms with E-state index in [2.05, 4.69) is 4.74 Å². The summed E-state index contributed by atoms with van der Waals surface area (Å²) in [4.78, 5) is 22.0. The smallest absolute Gasteiger partial charge is 0.322 e. The van der Waals surface area contributed by atoms with Gasteiger partial charge in [-0.1, -0.05) is 12.8 Å². The number of carbonyl (C=O) groups excluding carboxylic acids is 1. The van der Waals surface area contributed by atoms with Gasteiger partial charge in [0.1, 0.15) is 6.04 Å². The molecule has 104 valence electrons. The van der Waals surface area contributed by atoms with Gasteiger partial charge in [0.15, 0.2) is 5.75 Å². The van der Waals surface area contributed by atoms with Crippen LogP contribution in [0.15, 0.2) is 0 Å². The molecule has 0 unspecified atom stereocenters. The van der Waals surface area contributed by atoms with Crippen molar-refractivity contribution < 1.29 is 27.9 Å². The summed E-state index contributed by atoms with van der Waals surface area (Å²) >= 11 is 0. The van der Waals surface area contributed by atoms with Gasteiger partial charge in [0.05, 0.1) is 6.61 Å². The Hall–Kier alpha value is -1.15. The van der Waals surface area contributed by atoms with E-state index in [1.165, 1.54) is 0 Å². The van der Waals surface area contributed by atoms with Crippen LogP contribution in [0.3, 0.4) is 0 Å². The lowest BCUT2D eigenvalue weighted by atomic mass is 10.1. The van der Waals surface area contributed by atoms with Gasteiger partial charge < -0.3 is 9.84 Å². The van der Waals surface area contributed by atoms with Gasteiger partial charge in [0.25, 0.3) is 0 Å². The maximum absolute atomic E-state index is 11.6. The lowest BCUT2D eigenvalue weighted by Crippen LogP contribution is -2.43. The Morgan fingerprint density at radius 2 is 2.06 bits per heavy atom. The monoisotopic (exact) mass is 279 g/mol. The second kappa shape index (κ2) is 6.14. The van der Waals surface area contributed by atoms with Crippen LogP contribution in [-0.2, 0) is 24.3 Å². The molecule has 0 bridgehead atoms. The molecule has 0 spiro atoms. The third-order valence-corrected chi connectivity index (χ3v) is 3.76. The van der Waals surface area contributed by atoms with Gasteiger partial charge in [0.2, 0.25) is 10.0 Å². The summed E-state index contributed by atoms with van der Waals surface area (Å²) in [5, 5.41) is 8.91. The summed E-state index contributed by atoms with van der Waals surface area (Å²) in [5.74, 6) is -2.71. The zero-order chi connectivity index (χ0) is 13.8. The molecule has 1 fully saturated rings. The standard InChI is InChI=1S/C10H17NO6S/c1-2-17-9(12)6-18(15,16)11-8(10(13)14)5-7-3-4-7/h7-8,11H,2-6H2,1H3,(H,13,14)/t8-/m0/s1. The van der Waals surface area contributed by atoms with Gasteiger partial charge in [-0.3, -0.25) is 9.59 Å². The van der Waals surface area contributed by atoms with Crippen LogP contribution >= 0.6 is 0 Å². The average Bonchev–Trinajstić information content (AvgIpc) is 2.99. The molecule has 1 saturated carbocycles. The molecule has 18 heavy (non-hydrogen) atoms. The van der Waals surface area contributed by atoms with Crippen LogP contribution in [0.2, 0.25) is 0 Å². The number of carboxylic acids is 1. The lowest BCUT2D eigenvalue weighted by Gasteiger charge is -2.13. The Labute approximate surface area is 106 Å². The van der Waals surface area contributed by atoms with Crippen LogP contribution < -0.4 is 4.72 Å². The zero-order valence-corrected chi connectivity index (χ0v) is 10.9. The summed E-state index contributed by atoms with van der Waals surface area (Å²) in [6.45, 7) is 1.64. The van der Waals surface area contributed by atoms with Crippen LogP contribution in [-0.4, -0.2) is 43.9 Å². The van der Waals surface area contributed by atoms with Crippen LogP contribution in [0, 0.1) is 5.92 Å². The third kappa shape index (κ3) is 5.46. The van der Waals surface area contributed by atoms with E-state index in [0.29, 0.717) is 0 Å². The van der Waals surface area contributed by atoms with Crippen LogP contribution in [0.25, 0.3) is 0 Å². The van der Waals surface area contributed by atoms with Gasteiger partial charge in [-0.2, -0.15) is 0 Å². The summed E-state index contributed by atoms with van der Waals surface area (Å²) in [6.07, 6.45) is 2.10. The van der Waals surface area contributed by atoms with E-state index in [1.807, 2.05) is 4.72 Å². The first-order chi connectivity index (χ1) is 8.34. The van der Waals surface area contributed by atoms with Crippen molar-refractivity contribution in [2.24, 2.45) is 5.92 Å². The minimum Gasteiger partial charge on any atom is -0.480 e. The largest absolute Gasteiger partial charge is 0.480 e. The molecule has 1 atom stereocenters. The number of sulfonamides is 1. The molecule has 1 rings (SSSR count). The molecule has 0 aromatic rings. The third-order valence-electron chi connectivity index (χ3n) is 2.50. The van der Waals surface area contributed by atoms with Crippen LogP contribution in [0.4, 0.5) is 0 Å². The van der Waals surface area contributed by atoms with Crippen molar-refractivity contribution in [3.8, 4) is 0 Å². The Bertz CT molecular complexity index is 414. The molecule has 0 heterocycles. The highest BCUT2D eigenvalue weighted by Crippen LogP contribution is 2.33. The number of nitrogens with one attached hydrogen (secondary N) is 1.